The summed E-state index contributed by atoms with van der Waals surface area (Å²) < 4.78 is 0. The summed E-state index contributed by atoms with van der Waals surface area (Å²) in [5.74, 6) is -0.597. The predicted octanol–water partition coefficient (Wildman–Crippen LogP) is 1.80. The number of amides is 2. The number of carboxylic acids is 1. The standard InChI is InChI=1S/C12H20N2O3/c1-8(2)9-7-14(6-5-10(15)16)11(17)13-12(9,3)4/h7-8H,5-6H2,1-4H3,(H,13,17)(H,15,16). The molecule has 17 heavy (non-hydrogen) atoms. The fourth-order valence-corrected chi connectivity index (χ4v) is 2.05. The van der Waals surface area contributed by atoms with Crippen molar-refractivity contribution in [2.45, 2.75) is 39.7 Å². The minimum Gasteiger partial charge on any atom is -0.481 e. The number of hydrogen-bond donors (Lipinski definition) is 2. The Hall–Kier alpha value is -1.52. The van der Waals surface area contributed by atoms with Gasteiger partial charge in [-0.3, -0.25) is 4.79 Å². The number of carboxylic acid groups (broad SMARTS) is 1. The van der Waals surface area contributed by atoms with Gasteiger partial charge in [-0.1, -0.05) is 13.8 Å². The normalized spacial score (nSPS) is 19.0. The molecule has 5 heteroatoms. The molecule has 0 spiro atoms. The van der Waals surface area contributed by atoms with Crippen LogP contribution < -0.4 is 5.32 Å². The van der Waals surface area contributed by atoms with E-state index in [4.69, 9.17) is 5.11 Å². The summed E-state index contributed by atoms with van der Waals surface area (Å²) >= 11 is 0. The van der Waals surface area contributed by atoms with Crippen molar-refractivity contribution in [2.24, 2.45) is 5.92 Å². The molecule has 0 aromatic carbocycles. The SMILES string of the molecule is CC(C)C1=CN(CCC(=O)O)C(=O)NC1(C)C. The number of urea groups is 1. The van der Waals surface area contributed by atoms with Crippen molar-refractivity contribution in [1.82, 2.24) is 10.2 Å². The summed E-state index contributed by atoms with van der Waals surface area (Å²) in [6.07, 6.45) is 1.74. The maximum Gasteiger partial charge on any atom is 0.322 e. The van der Waals surface area contributed by atoms with Gasteiger partial charge in [0.1, 0.15) is 0 Å². The van der Waals surface area contributed by atoms with E-state index in [1.54, 1.807) is 6.20 Å². The third kappa shape index (κ3) is 3.22. The summed E-state index contributed by atoms with van der Waals surface area (Å²) in [5, 5.41) is 11.5. The van der Waals surface area contributed by atoms with Gasteiger partial charge in [0.25, 0.3) is 0 Å². The van der Waals surface area contributed by atoms with Crippen LogP contribution in [-0.2, 0) is 4.79 Å². The second kappa shape index (κ2) is 4.77. The summed E-state index contributed by atoms with van der Waals surface area (Å²) in [4.78, 5) is 23.7. The molecule has 1 rings (SSSR count). The largest absolute Gasteiger partial charge is 0.481 e. The van der Waals surface area contributed by atoms with Crippen LogP contribution in [0.2, 0.25) is 0 Å². The molecule has 5 nitrogen and oxygen atoms in total. The molecule has 96 valence electrons. The maximum atomic E-state index is 11.8. The van der Waals surface area contributed by atoms with Crippen molar-refractivity contribution < 1.29 is 14.7 Å². The molecule has 0 bridgehead atoms. The van der Waals surface area contributed by atoms with E-state index in [1.807, 2.05) is 13.8 Å². The lowest BCUT2D eigenvalue weighted by Crippen LogP contribution is -2.55. The molecule has 0 atom stereocenters. The van der Waals surface area contributed by atoms with E-state index in [2.05, 4.69) is 19.2 Å². The van der Waals surface area contributed by atoms with Gasteiger partial charge < -0.3 is 15.3 Å². The summed E-state index contributed by atoms with van der Waals surface area (Å²) in [7, 11) is 0. The van der Waals surface area contributed by atoms with Gasteiger partial charge >= 0.3 is 12.0 Å². The van der Waals surface area contributed by atoms with Crippen LogP contribution in [0.1, 0.15) is 34.1 Å². The van der Waals surface area contributed by atoms with Crippen molar-refractivity contribution in [3.63, 3.8) is 0 Å². The lowest BCUT2D eigenvalue weighted by Gasteiger charge is -2.39. The first-order chi connectivity index (χ1) is 7.74. The minimum absolute atomic E-state index is 0.0459. The van der Waals surface area contributed by atoms with E-state index >= 15 is 0 Å². The Morgan fingerprint density at radius 3 is 2.59 bits per heavy atom. The lowest BCUT2D eigenvalue weighted by atomic mass is 9.85. The Labute approximate surface area is 101 Å². The second-order valence-corrected chi connectivity index (χ2v) is 5.13. The molecule has 0 fully saturated rings. The van der Waals surface area contributed by atoms with Gasteiger partial charge in [-0.15, -0.1) is 0 Å². The maximum absolute atomic E-state index is 11.8. The first kappa shape index (κ1) is 13.5. The van der Waals surface area contributed by atoms with Crippen LogP contribution in [0.5, 0.6) is 0 Å². The monoisotopic (exact) mass is 240 g/mol. The summed E-state index contributed by atoms with van der Waals surface area (Å²) in [6.45, 7) is 8.21. The van der Waals surface area contributed by atoms with Crippen LogP contribution in [0.15, 0.2) is 11.8 Å². The van der Waals surface area contributed by atoms with Crippen molar-refractivity contribution in [1.29, 1.82) is 0 Å². The van der Waals surface area contributed by atoms with Gasteiger partial charge in [-0.2, -0.15) is 0 Å². The second-order valence-electron chi connectivity index (χ2n) is 5.13. The molecule has 0 saturated heterocycles. The molecule has 2 amide bonds. The number of hydrogen-bond acceptors (Lipinski definition) is 2. The summed E-state index contributed by atoms with van der Waals surface area (Å²) in [6, 6.07) is -0.236. The van der Waals surface area contributed by atoms with Crippen LogP contribution in [0.3, 0.4) is 0 Å². The number of nitrogens with zero attached hydrogens (tertiary/aromatic N) is 1. The molecule has 0 unspecified atom stereocenters. The zero-order chi connectivity index (χ0) is 13.2. The smallest absolute Gasteiger partial charge is 0.322 e. The highest BCUT2D eigenvalue weighted by molar-refractivity contribution is 5.79. The molecule has 0 saturated carbocycles. The number of nitrogens with one attached hydrogen (secondary N) is 1. The molecule has 0 radical (unpaired) electrons. The molecule has 1 heterocycles. The highest BCUT2D eigenvalue weighted by Gasteiger charge is 2.33. The average Bonchev–Trinajstić information content (AvgIpc) is 2.13. The zero-order valence-electron chi connectivity index (χ0n) is 10.8. The van der Waals surface area contributed by atoms with Crippen molar-refractivity contribution >= 4 is 12.0 Å². The van der Waals surface area contributed by atoms with Gasteiger partial charge in [0.05, 0.1) is 12.0 Å². The van der Waals surface area contributed by atoms with Crippen LogP contribution in [0.4, 0.5) is 4.79 Å². The highest BCUT2D eigenvalue weighted by atomic mass is 16.4. The molecule has 1 aliphatic heterocycles. The molecular formula is C12H20N2O3. The van der Waals surface area contributed by atoms with E-state index in [-0.39, 0.29) is 24.5 Å². The molecule has 0 aromatic rings. The van der Waals surface area contributed by atoms with Crippen LogP contribution in [-0.4, -0.2) is 34.1 Å². The number of carbonyl (C=O) groups excluding carboxylic acids is 1. The van der Waals surface area contributed by atoms with Gasteiger partial charge in [-0.05, 0) is 25.3 Å². The van der Waals surface area contributed by atoms with Crippen molar-refractivity contribution in [3.05, 3.63) is 11.8 Å². The topological polar surface area (TPSA) is 69.6 Å². The minimum atomic E-state index is -0.901. The third-order valence-corrected chi connectivity index (χ3v) is 2.89. The molecule has 0 aliphatic carbocycles. The van der Waals surface area contributed by atoms with Crippen LogP contribution in [0.25, 0.3) is 0 Å². The van der Waals surface area contributed by atoms with E-state index in [9.17, 15) is 9.59 Å². The molecule has 2 N–H and O–H groups in total. The van der Waals surface area contributed by atoms with Crippen molar-refractivity contribution in [2.75, 3.05) is 6.54 Å². The molecular weight excluding hydrogens is 220 g/mol. The Morgan fingerprint density at radius 1 is 1.53 bits per heavy atom. The fourth-order valence-electron chi connectivity index (χ4n) is 2.05. The fraction of sp³-hybridized carbons (Fsp3) is 0.667. The predicted molar refractivity (Wildman–Crippen MR) is 64.5 cm³/mol. The Bertz CT molecular complexity index is 359. The number of aliphatic carboxylic acids is 1. The third-order valence-electron chi connectivity index (χ3n) is 2.89. The van der Waals surface area contributed by atoms with E-state index < -0.39 is 5.97 Å². The molecule has 1 aliphatic rings. The van der Waals surface area contributed by atoms with Crippen molar-refractivity contribution in [3.8, 4) is 0 Å². The lowest BCUT2D eigenvalue weighted by molar-refractivity contribution is -0.137. The van der Waals surface area contributed by atoms with Crippen LogP contribution in [0, 0.1) is 5.92 Å². The van der Waals surface area contributed by atoms with Gasteiger partial charge in [0.15, 0.2) is 0 Å². The number of carbonyl (C=O) groups is 2. The average molecular weight is 240 g/mol. The van der Waals surface area contributed by atoms with E-state index in [0.29, 0.717) is 5.92 Å². The van der Waals surface area contributed by atoms with Gasteiger partial charge in [0, 0.05) is 12.7 Å². The van der Waals surface area contributed by atoms with E-state index in [0.717, 1.165) is 5.57 Å². The van der Waals surface area contributed by atoms with Gasteiger partial charge in [0.2, 0.25) is 0 Å². The summed E-state index contributed by atoms with van der Waals surface area (Å²) in [5.41, 5.74) is 0.729. The first-order valence-electron chi connectivity index (χ1n) is 5.77. The zero-order valence-corrected chi connectivity index (χ0v) is 10.8. The Kier molecular flexibility index (Phi) is 3.80. The molecule has 0 aromatic heterocycles. The first-order valence-corrected chi connectivity index (χ1v) is 5.77. The van der Waals surface area contributed by atoms with Crippen LogP contribution >= 0.6 is 0 Å². The number of rotatable bonds is 4. The Morgan fingerprint density at radius 2 is 2.12 bits per heavy atom. The van der Waals surface area contributed by atoms with E-state index in [1.165, 1.54) is 4.90 Å². The Balaban J connectivity index is 2.89. The highest BCUT2D eigenvalue weighted by Crippen LogP contribution is 2.27. The van der Waals surface area contributed by atoms with Gasteiger partial charge in [-0.25, -0.2) is 4.79 Å². The quantitative estimate of drug-likeness (QED) is 0.787.